The minimum Gasteiger partial charge on any atom is -0.321 e. The van der Waals surface area contributed by atoms with Gasteiger partial charge in [0.1, 0.15) is 0 Å². The second-order valence-electron chi connectivity index (χ2n) is 7.92. The molecule has 0 radical (unpaired) electrons. The van der Waals surface area contributed by atoms with E-state index in [0.29, 0.717) is 28.1 Å². The molecule has 9 heteroatoms. The lowest BCUT2D eigenvalue weighted by molar-refractivity contribution is -0.385. The van der Waals surface area contributed by atoms with Crippen molar-refractivity contribution in [3.63, 3.8) is 0 Å². The van der Waals surface area contributed by atoms with Crippen LogP contribution in [0, 0.1) is 30.9 Å². The molecule has 0 atom stereocenters. The fourth-order valence-corrected chi connectivity index (χ4v) is 4.39. The summed E-state index contributed by atoms with van der Waals surface area (Å²) in [4.78, 5) is 23.3. The Kier molecular flexibility index (Phi) is 6.83. The van der Waals surface area contributed by atoms with Crippen LogP contribution < -0.4 is 9.62 Å². The maximum atomic E-state index is 12.7. The van der Waals surface area contributed by atoms with E-state index in [1.165, 1.54) is 16.4 Å². The van der Waals surface area contributed by atoms with Crippen molar-refractivity contribution in [3.05, 3.63) is 98.6 Å². The summed E-state index contributed by atoms with van der Waals surface area (Å²) in [7, 11) is -3.54. The van der Waals surface area contributed by atoms with E-state index in [-0.39, 0.29) is 12.2 Å². The highest BCUT2D eigenvalue weighted by molar-refractivity contribution is 7.92. The van der Waals surface area contributed by atoms with Crippen LogP contribution in [-0.4, -0.2) is 25.5 Å². The highest BCUT2D eigenvalue weighted by atomic mass is 32.2. The molecular weight excluding hydrogens is 442 g/mol. The molecule has 8 nitrogen and oxygen atoms in total. The van der Waals surface area contributed by atoms with Crippen LogP contribution in [-0.2, 0) is 16.6 Å². The summed E-state index contributed by atoms with van der Waals surface area (Å²) in [5.41, 5.74) is 4.12. The third-order valence-electron chi connectivity index (χ3n) is 5.33. The van der Waals surface area contributed by atoms with Gasteiger partial charge in [-0.3, -0.25) is 19.2 Å². The Bertz CT molecular complexity index is 1320. The zero-order valence-electron chi connectivity index (χ0n) is 18.8. The van der Waals surface area contributed by atoms with Gasteiger partial charge in [-0.25, -0.2) is 8.42 Å². The Labute approximate surface area is 193 Å². The number of amides is 1. The van der Waals surface area contributed by atoms with Gasteiger partial charge in [0, 0.05) is 11.6 Å². The molecule has 0 bridgehead atoms. The molecule has 0 spiro atoms. The molecular formula is C24H25N3O5S. The van der Waals surface area contributed by atoms with Crippen LogP contribution in [0.4, 0.5) is 17.1 Å². The summed E-state index contributed by atoms with van der Waals surface area (Å²) < 4.78 is 26.3. The Hall–Kier alpha value is -3.72. The lowest BCUT2D eigenvalue weighted by atomic mass is 10.1. The largest absolute Gasteiger partial charge is 0.321 e. The van der Waals surface area contributed by atoms with Crippen LogP contribution in [0.15, 0.2) is 60.7 Å². The van der Waals surface area contributed by atoms with Crippen molar-refractivity contribution in [2.45, 2.75) is 27.3 Å². The topological polar surface area (TPSA) is 110 Å². The summed E-state index contributed by atoms with van der Waals surface area (Å²) >= 11 is 0. The molecule has 1 amide bonds. The molecule has 3 aromatic rings. The van der Waals surface area contributed by atoms with Crippen molar-refractivity contribution < 1.29 is 18.1 Å². The van der Waals surface area contributed by atoms with Gasteiger partial charge in [-0.2, -0.15) is 0 Å². The maximum absolute atomic E-state index is 12.7. The molecule has 1 N–H and O–H groups in total. The summed E-state index contributed by atoms with van der Waals surface area (Å²) in [6.45, 7) is 5.45. The monoisotopic (exact) mass is 467 g/mol. The predicted octanol–water partition coefficient (Wildman–Crippen LogP) is 4.74. The van der Waals surface area contributed by atoms with Crippen LogP contribution in [0.2, 0.25) is 0 Å². The van der Waals surface area contributed by atoms with E-state index in [9.17, 15) is 23.3 Å². The predicted molar refractivity (Wildman–Crippen MR) is 129 cm³/mol. The van der Waals surface area contributed by atoms with Crippen LogP contribution in [0.1, 0.15) is 32.6 Å². The first-order valence-corrected chi connectivity index (χ1v) is 12.0. The van der Waals surface area contributed by atoms with Crippen LogP contribution in [0.5, 0.6) is 0 Å². The van der Waals surface area contributed by atoms with Crippen molar-refractivity contribution in [3.8, 4) is 0 Å². The number of nitrogens with zero attached hydrogens (tertiary/aromatic N) is 2. The van der Waals surface area contributed by atoms with E-state index in [2.05, 4.69) is 5.32 Å². The molecule has 0 heterocycles. The lowest BCUT2D eigenvalue weighted by Gasteiger charge is -2.25. The van der Waals surface area contributed by atoms with Gasteiger partial charge in [0.25, 0.3) is 11.6 Å². The van der Waals surface area contributed by atoms with E-state index < -0.39 is 20.9 Å². The molecule has 3 aromatic carbocycles. The second-order valence-corrected chi connectivity index (χ2v) is 9.82. The minimum atomic E-state index is -3.54. The van der Waals surface area contributed by atoms with Gasteiger partial charge >= 0.3 is 0 Å². The van der Waals surface area contributed by atoms with Crippen molar-refractivity contribution in [1.29, 1.82) is 0 Å². The fraction of sp³-hybridized carbons (Fsp3) is 0.208. The minimum absolute atomic E-state index is 0.0737. The van der Waals surface area contributed by atoms with E-state index in [4.69, 9.17) is 0 Å². The Morgan fingerprint density at radius 1 is 1.03 bits per heavy atom. The zero-order valence-corrected chi connectivity index (χ0v) is 19.6. The standard InChI is InChI=1S/C24H25N3O5S/c1-16-8-9-17(2)23(14-16)26(33(4,31)32)15-19-10-12-20(13-11-19)24(28)25-21-6-5-7-22(18(21)3)27(29)30/h5-14H,15H2,1-4H3,(H,25,28). The first-order valence-electron chi connectivity index (χ1n) is 10.2. The Morgan fingerprint density at radius 3 is 2.30 bits per heavy atom. The molecule has 0 aliphatic heterocycles. The van der Waals surface area contributed by atoms with E-state index in [1.54, 1.807) is 37.3 Å². The molecule has 172 valence electrons. The van der Waals surface area contributed by atoms with Gasteiger partial charge in [-0.05, 0) is 61.7 Å². The number of hydrogen-bond donors (Lipinski definition) is 1. The molecule has 0 aliphatic rings. The van der Waals surface area contributed by atoms with E-state index >= 15 is 0 Å². The van der Waals surface area contributed by atoms with E-state index in [1.807, 2.05) is 32.0 Å². The first kappa shape index (κ1) is 23.9. The van der Waals surface area contributed by atoms with Gasteiger partial charge in [-0.1, -0.05) is 30.3 Å². The second kappa shape index (κ2) is 9.41. The number of rotatable bonds is 7. The number of nitrogens with one attached hydrogen (secondary N) is 1. The zero-order chi connectivity index (χ0) is 24.3. The number of benzene rings is 3. The molecule has 0 saturated carbocycles. The fourth-order valence-electron chi connectivity index (χ4n) is 3.45. The maximum Gasteiger partial charge on any atom is 0.274 e. The molecule has 0 saturated heterocycles. The smallest absolute Gasteiger partial charge is 0.274 e. The molecule has 0 aromatic heterocycles. The van der Waals surface area contributed by atoms with Gasteiger partial charge in [0.05, 0.1) is 34.7 Å². The van der Waals surface area contributed by atoms with Gasteiger partial charge in [0.15, 0.2) is 0 Å². The van der Waals surface area contributed by atoms with Gasteiger partial charge < -0.3 is 5.32 Å². The number of aryl methyl sites for hydroxylation is 2. The Balaban J connectivity index is 1.82. The number of nitro benzene ring substituents is 1. The number of carbonyl (C=O) groups excluding carboxylic acids is 1. The quantitative estimate of drug-likeness (QED) is 0.399. The molecule has 33 heavy (non-hydrogen) atoms. The first-order chi connectivity index (χ1) is 15.5. The van der Waals surface area contributed by atoms with Crippen LogP contribution in [0.3, 0.4) is 0 Å². The summed E-state index contributed by atoms with van der Waals surface area (Å²) in [6.07, 6.45) is 1.16. The molecule has 0 unspecified atom stereocenters. The van der Waals surface area contributed by atoms with Gasteiger partial charge in [0.2, 0.25) is 10.0 Å². The van der Waals surface area contributed by atoms with Crippen molar-refractivity contribution in [2.24, 2.45) is 0 Å². The Morgan fingerprint density at radius 2 is 1.70 bits per heavy atom. The molecule has 0 fully saturated rings. The number of nitro groups is 1. The van der Waals surface area contributed by atoms with Crippen molar-refractivity contribution >= 4 is 33.0 Å². The SMILES string of the molecule is Cc1ccc(C)c(N(Cc2ccc(C(=O)Nc3cccc([N+](=O)[O-])c3C)cc2)S(C)(=O)=O)c1. The summed E-state index contributed by atoms with van der Waals surface area (Å²) in [5.74, 6) is -0.417. The average molecular weight is 468 g/mol. The van der Waals surface area contributed by atoms with E-state index in [0.717, 1.165) is 17.4 Å². The van der Waals surface area contributed by atoms with Crippen molar-refractivity contribution in [1.82, 2.24) is 0 Å². The molecule has 3 rings (SSSR count). The number of anilines is 2. The van der Waals surface area contributed by atoms with Crippen LogP contribution >= 0.6 is 0 Å². The lowest BCUT2D eigenvalue weighted by Crippen LogP contribution is -2.30. The van der Waals surface area contributed by atoms with Gasteiger partial charge in [-0.15, -0.1) is 0 Å². The highest BCUT2D eigenvalue weighted by Gasteiger charge is 2.20. The summed E-state index contributed by atoms with van der Waals surface area (Å²) in [6, 6.07) is 16.7. The molecule has 0 aliphatic carbocycles. The summed E-state index contributed by atoms with van der Waals surface area (Å²) in [5, 5.41) is 13.8. The third-order valence-corrected chi connectivity index (χ3v) is 6.45. The van der Waals surface area contributed by atoms with Crippen molar-refractivity contribution in [2.75, 3.05) is 15.9 Å². The number of sulfonamides is 1. The van der Waals surface area contributed by atoms with Crippen LogP contribution in [0.25, 0.3) is 0 Å². The number of carbonyl (C=O) groups is 1. The highest BCUT2D eigenvalue weighted by Crippen LogP contribution is 2.27. The normalized spacial score (nSPS) is 11.2. The number of hydrogen-bond acceptors (Lipinski definition) is 5. The third kappa shape index (κ3) is 5.56. The average Bonchev–Trinajstić information content (AvgIpc) is 2.74.